The average Bonchev–Trinajstić information content (AvgIpc) is 3.13. The van der Waals surface area contributed by atoms with Gasteiger partial charge in [-0.25, -0.2) is 4.79 Å². The van der Waals surface area contributed by atoms with Crippen molar-refractivity contribution in [1.82, 2.24) is 9.88 Å². The Morgan fingerprint density at radius 3 is 2.43 bits per heavy atom. The van der Waals surface area contributed by atoms with Crippen LogP contribution in [0.1, 0.15) is 60.9 Å². The zero-order valence-electron chi connectivity index (χ0n) is 13.1. The Kier molecular flexibility index (Phi) is 4.40. The number of hydrogen-bond donors (Lipinski definition) is 2. The molecule has 1 amide bonds. The number of carbonyl (C=O) groups excluding carboxylic acids is 1. The number of carboxylic acid groups (broad SMARTS) is 1. The molecule has 1 heterocycles. The maximum absolute atomic E-state index is 12.4. The Morgan fingerprint density at radius 2 is 2.00 bits per heavy atom. The lowest BCUT2D eigenvalue weighted by Gasteiger charge is -2.15. The first-order chi connectivity index (χ1) is 9.81. The highest BCUT2D eigenvalue weighted by Gasteiger charge is 2.31. The summed E-state index contributed by atoms with van der Waals surface area (Å²) in [6.07, 6.45) is 2.67. The number of aryl methyl sites for hydroxylation is 1. The third-order valence-corrected chi connectivity index (χ3v) is 4.11. The number of amides is 1. The Labute approximate surface area is 125 Å². The third kappa shape index (κ3) is 3.46. The third-order valence-electron chi connectivity index (χ3n) is 4.11. The molecule has 1 unspecified atom stereocenters. The molecule has 0 aromatic carbocycles. The summed E-state index contributed by atoms with van der Waals surface area (Å²) in [7, 11) is 0. The van der Waals surface area contributed by atoms with E-state index in [9.17, 15) is 14.7 Å². The minimum atomic E-state index is -0.951. The maximum Gasteiger partial charge on any atom is 0.326 e. The Bertz CT molecular complexity index is 556. The molecule has 1 aliphatic carbocycles. The van der Waals surface area contributed by atoms with Crippen molar-refractivity contribution in [2.75, 3.05) is 0 Å². The summed E-state index contributed by atoms with van der Waals surface area (Å²) in [6, 6.07) is 1.32. The number of carboxylic acids is 1. The van der Waals surface area contributed by atoms with Gasteiger partial charge < -0.3 is 15.0 Å². The molecule has 0 saturated heterocycles. The first-order valence-electron chi connectivity index (χ1n) is 7.53. The van der Waals surface area contributed by atoms with E-state index in [-0.39, 0.29) is 11.9 Å². The number of rotatable bonds is 6. The molecule has 0 spiro atoms. The summed E-state index contributed by atoms with van der Waals surface area (Å²) in [5, 5.41) is 11.9. The number of aliphatic carboxylic acids is 1. The number of hydrogen-bond acceptors (Lipinski definition) is 2. The lowest BCUT2D eigenvalue weighted by molar-refractivity contribution is -0.139. The minimum absolute atomic E-state index is 0.272. The second kappa shape index (κ2) is 5.92. The zero-order chi connectivity index (χ0) is 15.7. The molecule has 1 fully saturated rings. The number of nitrogens with zero attached hydrogens (tertiary/aromatic N) is 1. The van der Waals surface area contributed by atoms with Crippen LogP contribution >= 0.6 is 0 Å². The van der Waals surface area contributed by atoms with Crippen LogP contribution in [0.15, 0.2) is 6.07 Å². The van der Waals surface area contributed by atoms with E-state index in [0.29, 0.717) is 17.9 Å². The fraction of sp³-hybridized carbons (Fsp3) is 0.625. The van der Waals surface area contributed by atoms with Crippen molar-refractivity contribution in [3.05, 3.63) is 23.0 Å². The quantitative estimate of drug-likeness (QED) is 0.846. The molecule has 21 heavy (non-hydrogen) atoms. The van der Waals surface area contributed by atoms with Gasteiger partial charge in [0.25, 0.3) is 5.91 Å². The molecule has 1 aromatic heterocycles. The van der Waals surface area contributed by atoms with Gasteiger partial charge in [0.15, 0.2) is 0 Å². The second-order valence-electron chi connectivity index (χ2n) is 6.29. The summed E-state index contributed by atoms with van der Waals surface area (Å²) in [4.78, 5) is 23.7. The largest absolute Gasteiger partial charge is 0.480 e. The monoisotopic (exact) mass is 292 g/mol. The maximum atomic E-state index is 12.4. The summed E-state index contributed by atoms with van der Waals surface area (Å²) < 4.78 is 2.09. The molecule has 1 aromatic rings. The van der Waals surface area contributed by atoms with Gasteiger partial charge in [-0.2, -0.15) is 0 Å². The van der Waals surface area contributed by atoms with E-state index in [2.05, 4.69) is 23.7 Å². The predicted molar refractivity (Wildman–Crippen MR) is 80.5 cm³/mol. The molecule has 5 nitrogen and oxygen atoms in total. The van der Waals surface area contributed by atoms with Gasteiger partial charge in [0.1, 0.15) is 6.04 Å². The first-order valence-corrected chi connectivity index (χ1v) is 7.53. The molecule has 1 atom stereocenters. The topological polar surface area (TPSA) is 71.3 Å². The van der Waals surface area contributed by atoms with Crippen LogP contribution in [0.3, 0.4) is 0 Å². The average molecular weight is 292 g/mol. The van der Waals surface area contributed by atoms with Crippen LogP contribution < -0.4 is 5.32 Å². The van der Waals surface area contributed by atoms with Gasteiger partial charge in [0, 0.05) is 17.4 Å². The standard InChI is InChI=1S/C16H24N2O3/c1-9(2)18-10(3)7-13(11(18)4)15(19)17-14(16(20)21)8-12-5-6-12/h7,9,12,14H,5-6,8H2,1-4H3,(H,17,19)(H,20,21). The van der Waals surface area contributed by atoms with Gasteiger partial charge in [-0.15, -0.1) is 0 Å². The summed E-state index contributed by atoms with van der Waals surface area (Å²) in [5.41, 5.74) is 2.47. The summed E-state index contributed by atoms with van der Waals surface area (Å²) in [6.45, 7) is 7.99. The zero-order valence-corrected chi connectivity index (χ0v) is 13.1. The summed E-state index contributed by atoms with van der Waals surface area (Å²) >= 11 is 0. The van der Waals surface area contributed by atoms with E-state index in [0.717, 1.165) is 24.2 Å². The molecule has 116 valence electrons. The fourth-order valence-electron chi connectivity index (χ4n) is 2.95. The lowest BCUT2D eigenvalue weighted by Crippen LogP contribution is -2.41. The molecular formula is C16H24N2O3. The molecule has 0 bridgehead atoms. The van der Waals surface area contributed by atoms with Crippen LogP contribution in [0.4, 0.5) is 0 Å². The van der Waals surface area contributed by atoms with E-state index < -0.39 is 12.0 Å². The number of carbonyl (C=O) groups is 2. The van der Waals surface area contributed by atoms with Crippen molar-refractivity contribution in [2.24, 2.45) is 5.92 Å². The summed E-state index contributed by atoms with van der Waals surface area (Å²) in [5.74, 6) is -0.787. The molecule has 5 heteroatoms. The smallest absolute Gasteiger partial charge is 0.326 e. The van der Waals surface area contributed by atoms with Crippen LogP contribution in [-0.4, -0.2) is 27.6 Å². The van der Waals surface area contributed by atoms with Crippen molar-refractivity contribution in [3.63, 3.8) is 0 Å². The normalized spacial score (nSPS) is 16.0. The van der Waals surface area contributed by atoms with Gasteiger partial charge in [-0.05, 0) is 46.1 Å². The molecule has 2 rings (SSSR count). The number of nitrogens with one attached hydrogen (secondary N) is 1. The van der Waals surface area contributed by atoms with Crippen LogP contribution in [0, 0.1) is 19.8 Å². The van der Waals surface area contributed by atoms with E-state index in [1.807, 2.05) is 19.9 Å². The van der Waals surface area contributed by atoms with Gasteiger partial charge >= 0.3 is 5.97 Å². The lowest BCUT2D eigenvalue weighted by atomic mass is 10.1. The van der Waals surface area contributed by atoms with E-state index >= 15 is 0 Å². The predicted octanol–water partition coefficient (Wildman–Crippen LogP) is 2.67. The van der Waals surface area contributed by atoms with Gasteiger partial charge in [0.2, 0.25) is 0 Å². The molecule has 0 aliphatic heterocycles. The Balaban J connectivity index is 2.15. The Morgan fingerprint density at radius 1 is 1.38 bits per heavy atom. The fourth-order valence-corrected chi connectivity index (χ4v) is 2.95. The SMILES string of the molecule is Cc1cc(C(=O)NC(CC2CC2)C(=O)O)c(C)n1C(C)C. The van der Waals surface area contributed by atoms with Crippen molar-refractivity contribution in [3.8, 4) is 0 Å². The van der Waals surface area contributed by atoms with Gasteiger partial charge in [-0.3, -0.25) is 4.79 Å². The first kappa shape index (κ1) is 15.6. The highest BCUT2D eigenvalue weighted by Crippen LogP contribution is 2.33. The van der Waals surface area contributed by atoms with E-state index in [1.54, 1.807) is 0 Å². The molecule has 1 saturated carbocycles. The van der Waals surface area contributed by atoms with E-state index in [1.165, 1.54) is 0 Å². The molecular weight excluding hydrogens is 268 g/mol. The van der Waals surface area contributed by atoms with Crippen molar-refractivity contribution in [2.45, 2.75) is 59.0 Å². The van der Waals surface area contributed by atoms with Crippen molar-refractivity contribution < 1.29 is 14.7 Å². The highest BCUT2D eigenvalue weighted by molar-refractivity contribution is 5.97. The van der Waals surface area contributed by atoms with Crippen molar-refractivity contribution >= 4 is 11.9 Å². The van der Waals surface area contributed by atoms with Crippen LogP contribution in [0.25, 0.3) is 0 Å². The van der Waals surface area contributed by atoms with Crippen LogP contribution in [-0.2, 0) is 4.79 Å². The minimum Gasteiger partial charge on any atom is -0.480 e. The van der Waals surface area contributed by atoms with Gasteiger partial charge in [-0.1, -0.05) is 12.8 Å². The van der Waals surface area contributed by atoms with Gasteiger partial charge in [0.05, 0.1) is 5.56 Å². The molecule has 1 aliphatic rings. The highest BCUT2D eigenvalue weighted by atomic mass is 16.4. The Hall–Kier alpha value is -1.78. The number of aromatic nitrogens is 1. The van der Waals surface area contributed by atoms with Crippen LogP contribution in [0.2, 0.25) is 0 Å². The second-order valence-corrected chi connectivity index (χ2v) is 6.29. The van der Waals surface area contributed by atoms with E-state index in [4.69, 9.17) is 0 Å². The van der Waals surface area contributed by atoms with Crippen molar-refractivity contribution in [1.29, 1.82) is 0 Å². The molecule has 2 N–H and O–H groups in total. The van der Waals surface area contributed by atoms with Crippen LogP contribution in [0.5, 0.6) is 0 Å². The molecule has 0 radical (unpaired) electrons.